The maximum absolute atomic E-state index is 12.4. The number of hydrogen-bond donors (Lipinski definition) is 3. The summed E-state index contributed by atoms with van der Waals surface area (Å²) in [5, 5.41) is 21.6. The van der Waals surface area contributed by atoms with Crippen LogP contribution in [-0.4, -0.2) is 40.0 Å². The molecule has 0 unspecified atom stereocenters. The van der Waals surface area contributed by atoms with Crippen LogP contribution < -0.4 is 5.32 Å². The summed E-state index contributed by atoms with van der Waals surface area (Å²) in [4.78, 5) is 35.9. The molecule has 2 rings (SSSR count). The Balaban J connectivity index is 2.04. The molecule has 0 radical (unpaired) electrons. The Bertz CT molecular complexity index is 815. The predicted molar refractivity (Wildman–Crippen MR) is 105 cm³/mol. The number of carbonyl (C=O) groups is 3. The number of aliphatic hydroxyl groups excluding tert-OH is 1. The van der Waals surface area contributed by atoms with Gasteiger partial charge in [-0.2, -0.15) is 0 Å². The molecule has 2 aromatic carbocycles. The lowest BCUT2D eigenvalue weighted by Gasteiger charge is -2.18. The molecule has 0 aliphatic heterocycles. The summed E-state index contributed by atoms with van der Waals surface area (Å²) < 4.78 is 0. The smallest absolute Gasteiger partial charge is 0.326 e. The molecule has 6 nitrogen and oxygen atoms in total. The molecule has 0 saturated heterocycles. The van der Waals surface area contributed by atoms with Crippen molar-refractivity contribution >= 4 is 17.7 Å². The summed E-state index contributed by atoms with van der Waals surface area (Å²) in [5.41, 5.74) is 1.74. The minimum atomic E-state index is -1.24. The Morgan fingerprint density at radius 3 is 2.04 bits per heavy atom. The van der Waals surface area contributed by atoms with Crippen LogP contribution in [0.2, 0.25) is 0 Å². The summed E-state index contributed by atoms with van der Waals surface area (Å²) in [7, 11) is 0. The molecule has 0 spiro atoms. The second kappa shape index (κ2) is 9.80. The number of benzene rings is 2. The first-order chi connectivity index (χ1) is 13.3. The van der Waals surface area contributed by atoms with Crippen molar-refractivity contribution < 1.29 is 24.6 Å². The number of aliphatic carboxylic acids is 1. The molecular formula is C22H25NO5. The highest BCUT2D eigenvalue weighted by Gasteiger charge is 2.24. The minimum absolute atomic E-state index is 0.0509. The van der Waals surface area contributed by atoms with E-state index in [0.29, 0.717) is 16.7 Å². The fraction of sp³-hybridized carbons (Fsp3) is 0.318. The maximum Gasteiger partial charge on any atom is 0.326 e. The van der Waals surface area contributed by atoms with Crippen LogP contribution >= 0.6 is 0 Å². The highest BCUT2D eigenvalue weighted by molar-refractivity contribution is 6.08. The van der Waals surface area contributed by atoms with Gasteiger partial charge in [0.05, 0.1) is 0 Å². The molecule has 0 aliphatic rings. The van der Waals surface area contributed by atoms with Gasteiger partial charge in [0.25, 0.3) is 0 Å². The molecule has 0 saturated carbocycles. The van der Waals surface area contributed by atoms with Crippen molar-refractivity contribution in [2.75, 3.05) is 0 Å². The summed E-state index contributed by atoms with van der Waals surface area (Å²) in [6.07, 6.45) is -0.934. The lowest BCUT2D eigenvalue weighted by atomic mass is 9.99. The van der Waals surface area contributed by atoms with E-state index < -0.39 is 24.0 Å². The highest BCUT2D eigenvalue weighted by atomic mass is 16.4. The van der Waals surface area contributed by atoms with E-state index >= 15 is 0 Å². The number of carboxylic acids is 1. The highest BCUT2D eigenvalue weighted by Crippen LogP contribution is 2.13. The fourth-order valence-corrected chi connectivity index (χ4v) is 2.81. The summed E-state index contributed by atoms with van der Waals surface area (Å²) >= 11 is 0. The van der Waals surface area contributed by atoms with Crippen molar-refractivity contribution in [1.82, 2.24) is 5.32 Å². The van der Waals surface area contributed by atoms with Gasteiger partial charge in [-0.3, -0.25) is 9.59 Å². The molecule has 0 aromatic heterocycles. The van der Waals surface area contributed by atoms with Crippen LogP contribution in [0.4, 0.5) is 0 Å². The zero-order chi connectivity index (χ0) is 20.7. The number of carboxylic acid groups (broad SMARTS) is 1. The summed E-state index contributed by atoms with van der Waals surface area (Å²) in [6, 6.07) is 14.3. The number of rotatable bonds is 9. The molecule has 0 fully saturated rings. The molecule has 2 atom stereocenters. The monoisotopic (exact) mass is 383 g/mol. The SMILES string of the molecule is CC(C)C[C@H](O)C(=O)N[C@H](Cc1ccc(C(=O)c2ccccc2)cc1)C(=O)O. The molecule has 28 heavy (non-hydrogen) atoms. The van der Waals surface area contributed by atoms with E-state index in [2.05, 4.69) is 5.32 Å². The first kappa shape index (κ1) is 21.3. The van der Waals surface area contributed by atoms with Crippen molar-refractivity contribution in [3.63, 3.8) is 0 Å². The van der Waals surface area contributed by atoms with Gasteiger partial charge < -0.3 is 15.5 Å². The number of ketones is 1. The van der Waals surface area contributed by atoms with Gasteiger partial charge in [0, 0.05) is 17.5 Å². The molecule has 1 amide bonds. The summed E-state index contributed by atoms with van der Waals surface area (Å²) in [5.74, 6) is -1.89. The largest absolute Gasteiger partial charge is 0.480 e. The van der Waals surface area contributed by atoms with Gasteiger partial charge in [0.15, 0.2) is 5.78 Å². The van der Waals surface area contributed by atoms with Gasteiger partial charge in [-0.1, -0.05) is 68.4 Å². The van der Waals surface area contributed by atoms with E-state index in [9.17, 15) is 24.6 Å². The van der Waals surface area contributed by atoms with Crippen molar-refractivity contribution in [3.8, 4) is 0 Å². The zero-order valence-corrected chi connectivity index (χ0v) is 16.0. The van der Waals surface area contributed by atoms with Gasteiger partial charge in [0.1, 0.15) is 12.1 Å². The van der Waals surface area contributed by atoms with Crippen LogP contribution in [0, 0.1) is 5.92 Å². The third-order valence-electron chi connectivity index (χ3n) is 4.30. The van der Waals surface area contributed by atoms with Crippen LogP contribution in [0.5, 0.6) is 0 Å². The molecule has 148 valence electrons. The van der Waals surface area contributed by atoms with E-state index in [4.69, 9.17) is 0 Å². The van der Waals surface area contributed by atoms with Gasteiger partial charge in [0.2, 0.25) is 5.91 Å². The first-order valence-corrected chi connectivity index (χ1v) is 9.18. The average molecular weight is 383 g/mol. The Morgan fingerprint density at radius 2 is 1.50 bits per heavy atom. The minimum Gasteiger partial charge on any atom is -0.480 e. The number of hydrogen-bond acceptors (Lipinski definition) is 4. The van der Waals surface area contributed by atoms with E-state index in [-0.39, 0.29) is 24.5 Å². The molecule has 0 aliphatic carbocycles. The number of nitrogens with one attached hydrogen (secondary N) is 1. The van der Waals surface area contributed by atoms with Crippen molar-refractivity contribution in [1.29, 1.82) is 0 Å². The van der Waals surface area contributed by atoms with E-state index in [1.54, 1.807) is 48.5 Å². The number of aliphatic hydroxyl groups is 1. The van der Waals surface area contributed by atoms with Crippen LogP contribution in [0.25, 0.3) is 0 Å². The van der Waals surface area contributed by atoms with Crippen LogP contribution in [-0.2, 0) is 16.0 Å². The van der Waals surface area contributed by atoms with Gasteiger partial charge in [-0.15, -0.1) is 0 Å². The van der Waals surface area contributed by atoms with Crippen molar-refractivity contribution in [2.24, 2.45) is 5.92 Å². The zero-order valence-electron chi connectivity index (χ0n) is 16.0. The third-order valence-corrected chi connectivity index (χ3v) is 4.30. The number of amides is 1. The second-order valence-corrected chi connectivity index (χ2v) is 7.14. The Hall–Kier alpha value is -2.99. The Labute approximate surface area is 164 Å². The van der Waals surface area contributed by atoms with Gasteiger partial charge >= 0.3 is 5.97 Å². The molecule has 0 heterocycles. The van der Waals surface area contributed by atoms with Crippen LogP contribution in [0.1, 0.15) is 41.8 Å². The van der Waals surface area contributed by atoms with E-state index in [0.717, 1.165) is 0 Å². The van der Waals surface area contributed by atoms with Gasteiger partial charge in [-0.05, 0) is 17.9 Å². The lowest BCUT2D eigenvalue weighted by molar-refractivity contribution is -0.143. The second-order valence-electron chi connectivity index (χ2n) is 7.14. The quantitative estimate of drug-likeness (QED) is 0.577. The lowest BCUT2D eigenvalue weighted by Crippen LogP contribution is -2.46. The Morgan fingerprint density at radius 1 is 0.929 bits per heavy atom. The van der Waals surface area contributed by atoms with Crippen LogP contribution in [0.3, 0.4) is 0 Å². The molecule has 3 N–H and O–H groups in total. The third kappa shape index (κ3) is 6.03. The Kier molecular flexibility index (Phi) is 7.46. The summed E-state index contributed by atoms with van der Waals surface area (Å²) in [6.45, 7) is 3.73. The normalized spacial score (nSPS) is 13.0. The maximum atomic E-state index is 12.4. The molecule has 6 heteroatoms. The predicted octanol–water partition coefficient (Wildman–Crippen LogP) is 2.44. The molecule has 0 bridgehead atoms. The standard InChI is InChI=1S/C22H25NO5/c1-14(2)12-19(24)21(26)23-18(22(27)28)13-15-8-10-17(11-9-15)20(25)16-6-4-3-5-7-16/h3-11,14,18-19,24H,12-13H2,1-2H3,(H,23,26)(H,27,28)/t18-,19+/m1/s1. The average Bonchev–Trinajstić information content (AvgIpc) is 2.67. The first-order valence-electron chi connectivity index (χ1n) is 9.18. The van der Waals surface area contributed by atoms with E-state index in [1.165, 1.54) is 0 Å². The fourth-order valence-electron chi connectivity index (χ4n) is 2.81. The molecular weight excluding hydrogens is 358 g/mol. The van der Waals surface area contributed by atoms with Crippen LogP contribution in [0.15, 0.2) is 54.6 Å². The van der Waals surface area contributed by atoms with Crippen molar-refractivity contribution in [3.05, 3.63) is 71.3 Å². The molecule has 2 aromatic rings. The van der Waals surface area contributed by atoms with Gasteiger partial charge in [-0.25, -0.2) is 4.79 Å². The van der Waals surface area contributed by atoms with Crippen molar-refractivity contribution in [2.45, 2.75) is 38.8 Å². The topological polar surface area (TPSA) is 104 Å². The van der Waals surface area contributed by atoms with E-state index in [1.807, 2.05) is 19.9 Å². The number of carbonyl (C=O) groups excluding carboxylic acids is 2.